The Morgan fingerprint density at radius 1 is 1.56 bits per heavy atom. The van der Waals surface area contributed by atoms with Crippen molar-refractivity contribution < 1.29 is 4.79 Å². The number of aromatic nitrogens is 2. The Morgan fingerprint density at radius 2 is 2.28 bits per heavy atom. The molecule has 0 radical (unpaired) electrons. The quantitative estimate of drug-likeness (QED) is 0.841. The summed E-state index contributed by atoms with van der Waals surface area (Å²) in [6.45, 7) is 2.01. The summed E-state index contributed by atoms with van der Waals surface area (Å²) in [5, 5.41) is 4.52. The minimum absolute atomic E-state index is 0.00517. The Labute approximate surface area is 109 Å². The van der Waals surface area contributed by atoms with Gasteiger partial charge < -0.3 is 5.73 Å². The summed E-state index contributed by atoms with van der Waals surface area (Å²) in [4.78, 5) is 11.8. The maximum atomic E-state index is 11.8. The Kier molecular flexibility index (Phi) is 4.53. The van der Waals surface area contributed by atoms with Gasteiger partial charge in [0.1, 0.15) is 5.78 Å². The second-order valence-corrected chi connectivity index (χ2v) is 5.31. The van der Waals surface area contributed by atoms with E-state index in [0.29, 0.717) is 18.9 Å². The van der Waals surface area contributed by atoms with Gasteiger partial charge in [-0.15, -0.1) is 0 Å². The van der Waals surface area contributed by atoms with Crippen LogP contribution in [0.25, 0.3) is 0 Å². The first kappa shape index (κ1) is 13.3. The van der Waals surface area contributed by atoms with Crippen molar-refractivity contribution >= 4 is 5.78 Å². The van der Waals surface area contributed by atoms with Gasteiger partial charge in [0, 0.05) is 18.7 Å². The van der Waals surface area contributed by atoms with Crippen molar-refractivity contribution in [1.29, 1.82) is 0 Å². The van der Waals surface area contributed by atoms with Crippen molar-refractivity contribution in [2.75, 3.05) is 0 Å². The number of carbonyl (C=O) groups is 1. The molecule has 1 atom stereocenters. The average Bonchev–Trinajstić information content (AvgIpc) is 2.98. The first-order chi connectivity index (χ1) is 8.69. The van der Waals surface area contributed by atoms with Gasteiger partial charge in [0.05, 0.1) is 18.2 Å². The largest absolute Gasteiger partial charge is 0.327 e. The SMILES string of the molecule is CCC(N)CC(=O)Cc1ccn(C2CCCC2)n1. The van der Waals surface area contributed by atoms with Crippen LogP contribution in [0.15, 0.2) is 12.3 Å². The number of rotatable bonds is 6. The normalized spacial score (nSPS) is 18.1. The van der Waals surface area contributed by atoms with Crippen molar-refractivity contribution in [1.82, 2.24) is 9.78 Å². The van der Waals surface area contributed by atoms with E-state index in [0.717, 1.165) is 12.1 Å². The summed E-state index contributed by atoms with van der Waals surface area (Å²) in [5.74, 6) is 0.195. The minimum atomic E-state index is -0.00517. The highest BCUT2D eigenvalue weighted by Crippen LogP contribution is 2.28. The molecule has 18 heavy (non-hydrogen) atoms. The summed E-state index contributed by atoms with van der Waals surface area (Å²) in [5.41, 5.74) is 6.67. The third-order valence-electron chi connectivity index (χ3n) is 3.75. The van der Waals surface area contributed by atoms with Gasteiger partial charge in [0.25, 0.3) is 0 Å². The van der Waals surface area contributed by atoms with E-state index in [4.69, 9.17) is 5.73 Å². The molecule has 100 valence electrons. The van der Waals surface area contributed by atoms with Gasteiger partial charge in [-0.2, -0.15) is 5.10 Å². The number of Topliss-reactive ketones (excluding diaryl/α,β-unsaturated/α-hetero) is 1. The Bertz CT molecular complexity index is 393. The topological polar surface area (TPSA) is 60.9 Å². The van der Waals surface area contributed by atoms with Crippen molar-refractivity contribution in [3.8, 4) is 0 Å². The standard InChI is InChI=1S/C14H23N3O/c1-2-11(15)9-14(18)10-12-7-8-17(16-12)13-5-3-4-6-13/h7-8,11,13H,2-6,9-10,15H2,1H3. The summed E-state index contributed by atoms with van der Waals surface area (Å²) < 4.78 is 2.04. The van der Waals surface area contributed by atoms with Crippen molar-refractivity contribution in [2.24, 2.45) is 5.73 Å². The molecular weight excluding hydrogens is 226 g/mol. The van der Waals surface area contributed by atoms with Gasteiger partial charge in [0.15, 0.2) is 0 Å². The van der Waals surface area contributed by atoms with E-state index in [2.05, 4.69) is 5.10 Å². The molecule has 1 aliphatic rings. The second kappa shape index (κ2) is 6.14. The van der Waals surface area contributed by atoms with Gasteiger partial charge in [-0.05, 0) is 25.3 Å². The van der Waals surface area contributed by atoms with Crippen LogP contribution in [-0.2, 0) is 11.2 Å². The van der Waals surface area contributed by atoms with Crippen LogP contribution in [0.1, 0.15) is 57.2 Å². The first-order valence-corrected chi connectivity index (χ1v) is 7.00. The molecule has 1 unspecified atom stereocenters. The first-order valence-electron chi connectivity index (χ1n) is 7.00. The number of nitrogens with two attached hydrogens (primary N) is 1. The molecule has 0 amide bonds. The zero-order chi connectivity index (χ0) is 13.0. The number of nitrogens with zero attached hydrogens (tertiary/aromatic N) is 2. The molecule has 0 saturated heterocycles. The zero-order valence-corrected chi connectivity index (χ0v) is 11.1. The van der Waals surface area contributed by atoms with Crippen LogP contribution >= 0.6 is 0 Å². The van der Waals surface area contributed by atoms with Gasteiger partial charge in [0.2, 0.25) is 0 Å². The maximum Gasteiger partial charge on any atom is 0.140 e. The molecule has 2 N–H and O–H groups in total. The van der Waals surface area contributed by atoms with Gasteiger partial charge in [-0.1, -0.05) is 19.8 Å². The predicted molar refractivity (Wildman–Crippen MR) is 71.3 cm³/mol. The smallest absolute Gasteiger partial charge is 0.140 e. The third-order valence-corrected chi connectivity index (χ3v) is 3.75. The van der Waals surface area contributed by atoms with Crippen LogP contribution in [0, 0.1) is 0 Å². The van der Waals surface area contributed by atoms with Gasteiger partial charge in [-0.3, -0.25) is 9.48 Å². The average molecular weight is 249 g/mol. The molecule has 1 fully saturated rings. The van der Waals surface area contributed by atoms with Gasteiger partial charge >= 0.3 is 0 Å². The van der Waals surface area contributed by atoms with Crippen molar-refractivity contribution in [3.63, 3.8) is 0 Å². The molecule has 1 aliphatic carbocycles. The fourth-order valence-corrected chi connectivity index (χ4v) is 2.55. The third kappa shape index (κ3) is 3.42. The Morgan fingerprint density at radius 3 is 2.94 bits per heavy atom. The number of ketones is 1. The van der Waals surface area contributed by atoms with Crippen LogP contribution in [0.3, 0.4) is 0 Å². The van der Waals surface area contributed by atoms with E-state index in [1.165, 1.54) is 25.7 Å². The highest BCUT2D eigenvalue weighted by atomic mass is 16.1. The molecule has 4 heteroatoms. The van der Waals surface area contributed by atoms with E-state index >= 15 is 0 Å². The van der Waals surface area contributed by atoms with Crippen LogP contribution in [-0.4, -0.2) is 21.6 Å². The van der Waals surface area contributed by atoms with Crippen LogP contribution in [0.5, 0.6) is 0 Å². The number of hydrogen-bond acceptors (Lipinski definition) is 3. The Balaban J connectivity index is 1.88. The molecule has 1 aromatic rings. The summed E-state index contributed by atoms with van der Waals surface area (Å²) >= 11 is 0. The molecule has 0 aromatic carbocycles. The summed E-state index contributed by atoms with van der Waals surface area (Å²) in [6.07, 6.45) is 8.78. The molecule has 1 aromatic heterocycles. The van der Waals surface area contributed by atoms with E-state index in [1.54, 1.807) is 0 Å². The lowest BCUT2D eigenvalue weighted by molar-refractivity contribution is -0.118. The van der Waals surface area contributed by atoms with E-state index in [-0.39, 0.29) is 11.8 Å². The van der Waals surface area contributed by atoms with Crippen LogP contribution in [0.4, 0.5) is 0 Å². The van der Waals surface area contributed by atoms with Gasteiger partial charge in [-0.25, -0.2) is 0 Å². The molecule has 1 heterocycles. The lowest BCUT2D eigenvalue weighted by Crippen LogP contribution is -2.23. The highest BCUT2D eigenvalue weighted by molar-refractivity contribution is 5.80. The molecule has 0 bridgehead atoms. The van der Waals surface area contributed by atoms with E-state index < -0.39 is 0 Å². The zero-order valence-electron chi connectivity index (χ0n) is 11.1. The molecule has 0 aliphatic heterocycles. The monoisotopic (exact) mass is 249 g/mol. The molecule has 1 saturated carbocycles. The van der Waals surface area contributed by atoms with Crippen molar-refractivity contribution in [3.05, 3.63) is 18.0 Å². The summed E-state index contributed by atoms with van der Waals surface area (Å²) in [6, 6.07) is 2.51. The molecule has 0 spiro atoms. The predicted octanol–water partition coefficient (Wildman–Crippen LogP) is 2.24. The lowest BCUT2D eigenvalue weighted by Gasteiger charge is -2.09. The number of hydrogen-bond donors (Lipinski definition) is 1. The van der Waals surface area contributed by atoms with E-state index in [9.17, 15) is 4.79 Å². The number of carbonyl (C=O) groups excluding carboxylic acids is 1. The molecular formula is C14H23N3O. The minimum Gasteiger partial charge on any atom is -0.327 e. The maximum absolute atomic E-state index is 11.8. The molecule has 4 nitrogen and oxygen atoms in total. The van der Waals surface area contributed by atoms with Crippen LogP contribution in [0.2, 0.25) is 0 Å². The van der Waals surface area contributed by atoms with Crippen molar-refractivity contribution in [2.45, 2.75) is 64.0 Å². The fraction of sp³-hybridized carbons (Fsp3) is 0.714. The fourth-order valence-electron chi connectivity index (χ4n) is 2.55. The second-order valence-electron chi connectivity index (χ2n) is 5.31. The lowest BCUT2D eigenvalue weighted by atomic mass is 10.1. The van der Waals surface area contributed by atoms with Crippen LogP contribution < -0.4 is 5.73 Å². The Hall–Kier alpha value is -1.16. The molecule has 2 rings (SSSR count). The highest BCUT2D eigenvalue weighted by Gasteiger charge is 2.18. The summed E-state index contributed by atoms with van der Waals surface area (Å²) in [7, 11) is 0. The van der Waals surface area contributed by atoms with E-state index in [1.807, 2.05) is 23.9 Å².